The van der Waals surface area contributed by atoms with Gasteiger partial charge in [-0.15, -0.1) is 0 Å². The molecule has 0 saturated heterocycles. The predicted octanol–water partition coefficient (Wildman–Crippen LogP) is 5.90. The third kappa shape index (κ3) is 5.72. The number of carbonyl (C=O) groups excluding carboxylic acids is 1. The monoisotopic (exact) mass is 378 g/mol. The fourth-order valence-corrected chi connectivity index (χ4v) is 3.68. The van der Waals surface area contributed by atoms with Gasteiger partial charge in [0.05, 0.1) is 7.11 Å². The molecule has 3 heteroatoms. The zero-order valence-corrected chi connectivity index (χ0v) is 17.0. The number of rotatable bonds is 7. The Bertz CT molecular complexity index is 801. The molecule has 0 bridgehead atoms. The minimum absolute atomic E-state index is 0.177. The van der Waals surface area contributed by atoms with E-state index in [2.05, 4.69) is 31.2 Å². The van der Waals surface area contributed by atoms with Gasteiger partial charge in [0, 0.05) is 6.42 Å². The Labute approximate surface area is 168 Å². The molecule has 3 rings (SSSR count). The molecule has 0 radical (unpaired) electrons. The molecule has 0 saturated carbocycles. The molecular formula is C25H30O3. The Kier molecular flexibility index (Phi) is 7.30. The van der Waals surface area contributed by atoms with Crippen LogP contribution < -0.4 is 4.74 Å². The topological polar surface area (TPSA) is 35.5 Å². The number of hydrogen-bond acceptors (Lipinski definition) is 3. The van der Waals surface area contributed by atoms with Crippen molar-refractivity contribution in [1.82, 2.24) is 0 Å². The van der Waals surface area contributed by atoms with Crippen LogP contribution in [-0.2, 0) is 16.0 Å². The number of benzene rings is 2. The van der Waals surface area contributed by atoms with Gasteiger partial charge in [-0.05, 0) is 73.4 Å². The van der Waals surface area contributed by atoms with Crippen molar-refractivity contribution >= 4 is 11.5 Å². The molecule has 1 aliphatic rings. The minimum atomic E-state index is -0.177. The van der Waals surface area contributed by atoms with Crippen molar-refractivity contribution in [2.75, 3.05) is 13.7 Å². The summed E-state index contributed by atoms with van der Waals surface area (Å²) in [6.45, 7) is 2.77. The van der Waals surface area contributed by atoms with Gasteiger partial charge in [-0.3, -0.25) is 4.79 Å². The van der Waals surface area contributed by atoms with E-state index in [9.17, 15) is 4.79 Å². The Morgan fingerprint density at radius 2 is 1.64 bits per heavy atom. The standard InChI is InChI=1S/C25H30O3/c1-19-8-13-21(14-9-19)24-7-5-3-4-6-22(24)18-28-23-15-10-20(11-16-23)12-17-25(26)27-2/h8-11,13-16H,3-7,12,17-18H2,1-2H3. The highest BCUT2D eigenvalue weighted by Gasteiger charge is 2.14. The van der Waals surface area contributed by atoms with E-state index in [1.807, 2.05) is 24.3 Å². The van der Waals surface area contributed by atoms with Gasteiger partial charge >= 0.3 is 5.97 Å². The second kappa shape index (κ2) is 10.1. The summed E-state index contributed by atoms with van der Waals surface area (Å²) in [6.07, 6.45) is 7.11. The summed E-state index contributed by atoms with van der Waals surface area (Å²) >= 11 is 0. The van der Waals surface area contributed by atoms with Crippen molar-refractivity contribution in [3.63, 3.8) is 0 Å². The van der Waals surface area contributed by atoms with E-state index >= 15 is 0 Å². The van der Waals surface area contributed by atoms with Crippen LogP contribution >= 0.6 is 0 Å². The number of aryl methyl sites for hydroxylation is 2. The molecule has 0 amide bonds. The Morgan fingerprint density at radius 1 is 0.929 bits per heavy atom. The van der Waals surface area contributed by atoms with E-state index in [0.29, 0.717) is 19.4 Å². The SMILES string of the molecule is COC(=O)CCc1ccc(OCC2=C(c3ccc(C)cc3)CCCCC2)cc1. The maximum atomic E-state index is 11.3. The lowest BCUT2D eigenvalue weighted by atomic mass is 9.95. The summed E-state index contributed by atoms with van der Waals surface area (Å²) in [5.41, 5.74) is 6.64. The zero-order chi connectivity index (χ0) is 19.8. The van der Waals surface area contributed by atoms with Crippen LogP contribution in [0, 0.1) is 6.92 Å². The first-order chi connectivity index (χ1) is 13.7. The van der Waals surface area contributed by atoms with Crippen molar-refractivity contribution in [2.45, 2.75) is 51.9 Å². The predicted molar refractivity (Wildman–Crippen MR) is 113 cm³/mol. The molecule has 28 heavy (non-hydrogen) atoms. The summed E-state index contributed by atoms with van der Waals surface area (Å²) in [6, 6.07) is 16.9. The molecule has 2 aromatic rings. The van der Waals surface area contributed by atoms with Gasteiger partial charge in [-0.1, -0.05) is 48.4 Å². The van der Waals surface area contributed by atoms with Crippen LogP contribution in [0.15, 0.2) is 54.1 Å². The first-order valence-electron chi connectivity index (χ1n) is 10.2. The number of ether oxygens (including phenoxy) is 2. The van der Waals surface area contributed by atoms with Crippen LogP contribution in [0.2, 0.25) is 0 Å². The molecule has 0 spiro atoms. The molecule has 0 heterocycles. The normalized spacial score (nSPS) is 14.5. The van der Waals surface area contributed by atoms with E-state index in [1.54, 1.807) is 0 Å². The van der Waals surface area contributed by atoms with Gasteiger partial charge in [0.1, 0.15) is 12.4 Å². The molecule has 0 atom stereocenters. The molecule has 148 valence electrons. The van der Waals surface area contributed by atoms with Crippen LogP contribution in [-0.4, -0.2) is 19.7 Å². The lowest BCUT2D eigenvalue weighted by Gasteiger charge is -2.15. The Balaban J connectivity index is 1.66. The second-order valence-corrected chi connectivity index (χ2v) is 7.52. The number of hydrogen-bond donors (Lipinski definition) is 0. The third-order valence-electron chi connectivity index (χ3n) is 5.41. The lowest BCUT2D eigenvalue weighted by Crippen LogP contribution is -2.04. The van der Waals surface area contributed by atoms with Crippen LogP contribution in [0.5, 0.6) is 5.75 Å². The molecule has 0 unspecified atom stereocenters. The molecule has 2 aromatic carbocycles. The quantitative estimate of drug-likeness (QED) is 0.563. The van der Waals surface area contributed by atoms with Gasteiger partial charge in [-0.2, -0.15) is 0 Å². The highest BCUT2D eigenvalue weighted by molar-refractivity contribution is 5.70. The number of esters is 1. The van der Waals surface area contributed by atoms with E-state index in [4.69, 9.17) is 9.47 Å². The van der Waals surface area contributed by atoms with Crippen molar-refractivity contribution < 1.29 is 14.3 Å². The van der Waals surface area contributed by atoms with Crippen molar-refractivity contribution in [1.29, 1.82) is 0 Å². The largest absolute Gasteiger partial charge is 0.489 e. The molecule has 0 N–H and O–H groups in total. The second-order valence-electron chi connectivity index (χ2n) is 7.52. The van der Waals surface area contributed by atoms with E-state index in [1.165, 1.54) is 48.6 Å². The summed E-state index contributed by atoms with van der Waals surface area (Å²) in [7, 11) is 1.42. The maximum Gasteiger partial charge on any atom is 0.305 e. The summed E-state index contributed by atoms with van der Waals surface area (Å²) in [5.74, 6) is 0.700. The van der Waals surface area contributed by atoms with E-state index < -0.39 is 0 Å². The first-order valence-corrected chi connectivity index (χ1v) is 10.2. The zero-order valence-electron chi connectivity index (χ0n) is 17.0. The fourth-order valence-electron chi connectivity index (χ4n) is 3.68. The molecule has 0 fully saturated rings. The van der Waals surface area contributed by atoms with Crippen molar-refractivity contribution in [3.8, 4) is 5.75 Å². The lowest BCUT2D eigenvalue weighted by molar-refractivity contribution is -0.140. The van der Waals surface area contributed by atoms with Crippen LogP contribution in [0.25, 0.3) is 5.57 Å². The molecule has 3 nitrogen and oxygen atoms in total. The van der Waals surface area contributed by atoms with Gasteiger partial charge in [0.15, 0.2) is 0 Å². The summed E-state index contributed by atoms with van der Waals surface area (Å²) in [4.78, 5) is 11.3. The van der Waals surface area contributed by atoms with Crippen LogP contribution in [0.4, 0.5) is 0 Å². The third-order valence-corrected chi connectivity index (χ3v) is 5.41. The van der Waals surface area contributed by atoms with Gasteiger partial charge < -0.3 is 9.47 Å². The molecule has 1 aliphatic carbocycles. The summed E-state index contributed by atoms with van der Waals surface area (Å²) in [5, 5.41) is 0. The summed E-state index contributed by atoms with van der Waals surface area (Å²) < 4.78 is 10.8. The fraction of sp³-hybridized carbons (Fsp3) is 0.400. The minimum Gasteiger partial charge on any atom is -0.489 e. The highest BCUT2D eigenvalue weighted by Crippen LogP contribution is 2.32. The number of methoxy groups -OCH3 is 1. The van der Waals surface area contributed by atoms with Crippen molar-refractivity contribution in [3.05, 3.63) is 70.8 Å². The van der Waals surface area contributed by atoms with Gasteiger partial charge in [0.2, 0.25) is 0 Å². The smallest absolute Gasteiger partial charge is 0.305 e. The van der Waals surface area contributed by atoms with Gasteiger partial charge in [-0.25, -0.2) is 0 Å². The highest BCUT2D eigenvalue weighted by atomic mass is 16.5. The average Bonchev–Trinajstić information content (AvgIpc) is 2.97. The van der Waals surface area contributed by atoms with Gasteiger partial charge in [0.25, 0.3) is 0 Å². The van der Waals surface area contributed by atoms with E-state index in [0.717, 1.165) is 24.2 Å². The average molecular weight is 379 g/mol. The van der Waals surface area contributed by atoms with Crippen LogP contribution in [0.3, 0.4) is 0 Å². The van der Waals surface area contributed by atoms with E-state index in [-0.39, 0.29) is 5.97 Å². The van der Waals surface area contributed by atoms with Crippen LogP contribution in [0.1, 0.15) is 55.2 Å². The number of allylic oxidation sites excluding steroid dienone is 1. The maximum absolute atomic E-state index is 11.3. The molecule has 0 aromatic heterocycles. The van der Waals surface area contributed by atoms with Crippen molar-refractivity contribution in [2.24, 2.45) is 0 Å². The molecular weight excluding hydrogens is 348 g/mol. The molecule has 0 aliphatic heterocycles. The Hall–Kier alpha value is -2.55. The number of carbonyl (C=O) groups is 1. The first kappa shape index (κ1) is 20.2. The Morgan fingerprint density at radius 3 is 2.36 bits per heavy atom.